The number of methoxy groups -OCH3 is 1. The molecule has 1 atom stereocenters. The zero-order valence-electron chi connectivity index (χ0n) is 12.8. The number of nitrogens with zero attached hydrogens (tertiary/aromatic N) is 2. The van der Waals surface area contributed by atoms with Crippen molar-refractivity contribution in [2.24, 2.45) is 0 Å². The maximum Gasteiger partial charge on any atom is 0.134 e. The van der Waals surface area contributed by atoms with Gasteiger partial charge in [0.05, 0.1) is 7.11 Å². The minimum Gasteiger partial charge on any atom is -0.497 e. The molecule has 0 bridgehead atoms. The molecule has 1 aromatic carbocycles. The summed E-state index contributed by atoms with van der Waals surface area (Å²) in [5.41, 5.74) is 1.23. The molecule has 114 valence electrons. The molecule has 21 heavy (non-hydrogen) atoms. The molecule has 0 aromatic heterocycles. The predicted molar refractivity (Wildman–Crippen MR) is 84.0 cm³/mol. The molecule has 0 spiro atoms. The largest absolute Gasteiger partial charge is 0.497 e. The molecule has 1 aromatic rings. The van der Waals surface area contributed by atoms with Crippen LogP contribution >= 0.6 is 0 Å². The van der Waals surface area contributed by atoms with E-state index in [2.05, 4.69) is 21.9 Å². The topological polar surface area (TPSA) is 32.8 Å². The van der Waals surface area contributed by atoms with Gasteiger partial charge in [0, 0.05) is 56.8 Å². The fourth-order valence-electron chi connectivity index (χ4n) is 3.47. The van der Waals surface area contributed by atoms with Gasteiger partial charge in [0.1, 0.15) is 11.5 Å². The Morgan fingerprint density at radius 3 is 2.71 bits per heavy atom. The monoisotopic (exact) mass is 288 g/mol. The van der Waals surface area contributed by atoms with Crippen molar-refractivity contribution < 1.29 is 9.53 Å². The van der Waals surface area contributed by atoms with E-state index in [1.807, 2.05) is 12.1 Å². The highest BCUT2D eigenvalue weighted by Crippen LogP contribution is 2.25. The van der Waals surface area contributed by atoms with E-state index in [0.717, 1.165) is 51.2 Å². The third-order valence-corrected chi connectivity index (χ3v) is 4.71. The van der Waals surface area contributed by atoms with Crippen LogP contribution in [0.5, 0.6) is 5.75 Å². The molecule has 0 N–H and O–H groups in total. The quantitative estimate of drug-likeness (QED) is 0.854. The number of carbonyl (C=O) groups is 1. The van der Waals surface area contributed by atoms with E-state index >= 15 is 0 Å². The highest BCUT2D eigenvalue weighted by Gasteiger charge is 2.28. The van der Waals surface area contributed by atoms with E-state index in [1.165, 1.54) is 12.1 Å². The molecule has 2 aliphatic rings. The van der Waals surface area contributed by atoms with Gasteiger partial charge in [-0.05, 0) is 25.0 Å². The van der Waals surface area contributed by atoms with Gasteiger partial charge >= 0.3 is 0 Å². The van der Waals surface area contributed by atoms with Crippen LogP contribution in [0.4, 0.5) is 5.69 Å². The average molecular weight is 288 g/mol. The number of piperazine rings is 1. The zero-order chi connectivity index (χ0) is 14.7. The molecule has 2 fully saturated rings. The highest BCUT2D eigenvalue weighted by molar-refractivity contribution is 5.79. The Kier molecular flexibility index (Phi) is 4.44. The van der Waals surface area contributed by atoms with Crippen molar-refractivity contribution in [3.8, 4) is 5.75 Å². The van der Waals surface area contributed by atoms with Crippen LogP contribution in [-0.4, -0.2) is 50.0 Å². The lowest BCUT2D eigenvalue weighted by molar-refractivity contribution is -0.122. The van der Waals surface area contributed by atoms with Crippen LogP contribution in [-0.2, 0) is 4.79 Å². The minimum atomic E-state index is 0.446. The molecule has 4 nitrogen and oxygen atoms in total. The Hall–Kier alpha value is -1.55. The van der Waals surface area contributed by atoms with Gasteiger partial charge in [-0.15, -0.1) is 0 Å². The Morgan fingerprint density at radius 2 is 2.00 bits per heavy atom. The number of hydrogen-bond acceptors (Lipinski definition) is 4. The zero-order valence-corrected chi connectivity index (χ0v) is 12.8. The van der Waals surface area contributed by atoms with Gasteiger partial charge in [-0.25, -0.2) is 0 Å². The van der Waals surface area contributed by atoms with Crippen LogP contribution in [0, 0.1) is 0 Å². The highest BCUT2D eigenvalue weighted by atomic mass is 16.5. The Morgan fingerprint density at radius 1 is 1.19 bits per heavy atom. The van der Waals surface area contributed by atoms with Crippen molar-refractivity contribution in [2.45, 2.75) is 31.7 Å². The molecule has 1 saturated carbocycles. The van der Waals surface area contributed by atoms with E-state index < -0.39 is 0 Å². The number of anilines is 1. The van der Waals surface area contributed by atoms with Crippen LogP contribution in [0.1, 0.15) is 25.7 Å². The van der Waals surface area contributed by atoms with Gasteiger partial charge in [-0.1, -0.05) is 6.07 Å². The molecule has 1 heterocycles. The molecule has 0 amide bonds. The number of ether oxygens (including phenoxy) is 1. The molecule has 1 aliphatic heterocycles. The van der Waals surface area contributed by atoms with Crippen LogP contribution in [0.15, 0.2) is 24.3 Å². The molecule has 3 rings (SSSR count). The summed E-state index contributed by atoms with van der Waals surface area (Å²) in [6.45, 7) is 4.15. The summed E-state index contributed by atoms with van der Waals surface area (Å²) in [6, 6.07) is 8.74. The molecule has 1 saturated heterocycles. The van der Waals surface area contributed by atoms with E-state index in [9.17, 15) is 4.79 Å². The van der Waals surface area contributed by atoms with Crippen LogP contribution < -0.4 is 9.64 Å². The Bertz CT molecular complexity index is 495. The number of carbonyl (C=O) groups excluding carboxylic acids is 1. The summed E-state index contributed by atoms with van der Waals surface area (Å²) in [6.07, 6.45) is 3.81. The van der Waals surface area contributed by atoms with E-state index in [1.54, 1.807) is 7.11 Å². The Labute approximate surface area is 126 Å². The molecule has 1 aliphatic carbocycles. The predicted octanol–water partition coefficient (Wildman–Crippen LogP) is 2.33. The van der Waals surface area contributed by atoms with E-state index in [4.69, 9.17) is 4.74 Å². The van der Waals surface area contributed by atoms with Crippen molar-refractivity contribution >= 4 is 11.5 Å². The van der Waals surface area contributed by atoms with Gasteiger partial charge in [-0.3, -0.25) is 9.69 Å². The van der Waals surface area contributed by atoms with Gasteiger partial charge in [0.25, 0.3) is 0 Å². The van der Waals surface area contributed by atoms with Crippen LogP contribution in [0.3, 0.4) is 0 Å². The molecular weight excluding hydrogens is 264 g/mol. The first-order valence-electron chi connectivity index (χ1n) is 7.91. The normalized spacial score (nSPS) is 24.1. The summed E-state index contributed by atoms with van der Waals surface area (Å²) in [5.74, 6) is 1.36. The summed E-state index contributed by atoms with van der Waals surface area (Å²) < 4.78 is 5.30. The molecule has 4 heteroatoms. The van der Waals surface area contributed by atoms with Gasteiger partial charge in [0.15, 0.2) is 0 Å². The summed E-state index contributed by atoms with van der Waals surface area (Å²) in [7, 11) is 1.71. The number of rotatable bonds is 3. The lowest BCUT2D eigenvalue weighted by Crippen LogP contribution is -2.51. The smallest absolute Gasteiger partial charge is 0.134 e. The van der Waals surface area contributed by atoms with Crippen molar-refractivity contribution in [1.29, 1.82) is 0 Å². The average Bonchev–Trinajstić information content (AvgIpc) is 2.55. The number of ketones is 1. The van der Waals surface area contributed by atoms with Crippen LogP contribution in [0.25, 0.3) is 0 Å². The SMILES string of the molecule is COc1cccc(N2CCN(C3CCCC(=O)C3)CC2)c1. The number of benzene rings is 1. The minimum absolute atomic E-state index is 0.446. The lowest BCUT2D eigenvalue weighted by Gasteiger charge is -2.41. The number of Topliss-reactive ketones (excluding diaryl/α,β-unsaturated/α-hetero) is 1. The van der Waals surface area contributed by atoms with Crippen LogP contribution in [0.2, 0.25) is 0 Å². The Balaban J connectivity index is 1.58. The first-order chi connectivity index (χ1) is 10.3. The molecule has 0 radical (unpaired) electrons. The summed E-state index contributed by atoms with van der Waals surface area (Å²) in [4.78, 5) is 16.5. The molecular formula is C17H24N2O2. The standard InChI is InChI=1S/C17H24N2O2/c1-21-17-7-3-5-15(13-17)19-10-8-18(9-11-19)14-4-2-6-16(20)12-14/h3,5,7,13-14H,2,4,6,8-12H2,1H3. The van der Waals surface area contributed by atoms with Crippen molar-refractivity contribution in [1.82, 2.24) is 4.90 Å². The van der Waals surface area contributed by atoms with Gasteiger partial charge in [0.2, 0.25) is 0 Å². The maximum atomic E-state index is 11.6. The second kappa shape index (κ2) is 6.48. The first-order valence-corrected chi connectivity index (χ1v) is 7.91. The van der Waals surface area contributed by atoms with Crippen molar-refractivity contribution in [3.63, 3.8) is 0 Å². The van der Waals surface area contributed by atoms with Gasteiger partial charge in [-0.2, -0.15) is 0 Å². The fraction of sp³-hybridized carbons (Fsp3) is 0.588. The van der Waals surface area contributed by atoms with Crippen molar-refractivity contribution in [3.05, 3.63) is 24.3 Å². The fourth-order valence-corrected chi connectivity index (χ4v) is 3.47. The van der Waals surface area contributed by atoms with E-state index in [-0.39, 0.29) is 0 Å². The maximum absolute atomic E-state index is 11.6. The third kappa shape index (κ3) is 3.38. The second-order valence-electron chi connectivity index (χ2n) is 6.01. The third-order valence-electron chi connectivity index (χ3n) is 4.71. The first kappa shape index (κ1) is 14.4. The number of hydrogen-bond donors (Lipinski definition) is 0. The van der Waals surface area contributed by atoms with Crippen molar-refractivity contribution in [2.75, 3.05) is 38.2 Å². The summed E-state index contributed by atoms with van der Waals surface area (Å²) in [5, 5.41) is 0. The van der Waals surface area contributed by atoms with E-state index in [0.29, 0.717) is 11.8 Å². The van der Waals surface area contributed by atoms with Gasteiger partial charge < -0.3 is 9.64 Å². The summed E-state index contributed by atoms with van der Waals surface area (Å²) >= 11 is 0. The second-order valence-corrected chi connectivity index (χ2v) is 6.01. The lowest BCUT2D eigenvalue weighted by atomic mass is 9.92. The molecule has 1 unspecified atom stereocenters.